The van der Waals surface area contributed by atoms with E-state index < -0.39 is 11.7 Å². The molecule has 2 heterocycles. The minimum Gasteiger partial charge on any atom is -0.299 e. The maximum atomic E-state index is 13.0. The Kier molecular flexibility index (Phi) is 5.95. The highest BCUT2D eigenvalue weighted by Gasteiger charge is 2.30. The zero-order chi connectivity index (χ0) is 21.0. The van der Waals surface area contributed by atoms with Gasteiger partial charge in [0.1, 0.15) is 0 Å². The molecular weight excluding hydrogens is 387 g/mol. The van der Waals surface area contributed by atoms with Crippen molar-refractivity contribution in [1.29, 1.82) is 0 Å². The maximum absolute atomic E-state index is 13.0. The van der Waals surface area contributed by atoms with Gasteiger partial charge in [0.25, 0.3) is 0 Å². The molecule has 1 aliphatic heterocycles. The van der Waals surface area contributed by atoms with Crippen molar-refractivity contribution < 1.29 is 13.2 Å². The number of rotatable bonds is 5. The number of aromatic nitrogens is 2. The highest BCUT2D eigenvalue weighted by Crippen LogP contribution is 2.32. The van der Waals surface area contributed by atoms with Crippen molar-refractivity contribution in [2.24, 2.45) is 0 Å². The third kappa shape index (κ3) is 4.94. The molecule has 0 aliphatic carbocycles. The first-order valence-electron chi connectivity index (χ1n) is 9.94. The van der Waals surface area contributed by atoms with E-state index in [1.807, 2.05) is 18.2 Å². The molecule has 0 radical (unpaired) electrons. The summed E-state index contributed by atoms with van der Waals surface area (Å²) in [4.78, 5) is 10.9. The number of alkyl halides is 3. The fraction of sp³-hybridized carbons (Fsp3) is 0.250. The van der Waals surface area contributed by atoms with Crippen LogP contribution in [-0.4, -0.2) is 34.5 Å². The predicted molar refractivity (Wildman–Crippen MR) is 112 cm³/mol. The van der Waals surface area contributed by atoms with E-state index in [-0.39, 0.29) is 0 Å². The summed E-state index contributed by atoms with van der Waals surface area (Å²) in [6.45, 7) is 2.47. The molecule has 0 bridgehead atoms. The summed E-state index contributed by atoms with van der Waals surface area (Å²) in [6.07, 6.45) is 2.85. The van der Waals surface area contributed by atoms with E-state index in [0.717, 1.165) is 49.7 Å². The number of benzene rings is 2. The molecule has 0 fully saturated rings. The molecule has 0 spiro atoms. The lowest BCUT2D eigenvalue weighted by Gasteiger charge is -2.26. The van der Waals surface area contributed by atoms with Crippen LogP contribution in [0.5, 0.6) is 0 Å². The van der Waals surface area contributed by atoms with Gasteiger partial charge in [0.15, 0.2) is 5.82 Å². The minimum absolute atomic E-state index is 0.592. The molecule has 6 heteroatoms. The second kappa shape index (κ2) is 8.79. The monoisotopic (exact) mass is 409 g/mol. The first kappa shape index (κ1) is 20.3. The van der Waals surface area contributed by atoms with Gasteiger partial charge in [-0.1, -0.05) is 36.4 Å². The molecule has 0 amide bonds. The number of halogens is 3. The van der Waals surface area contributed by atoms with Crippen LogP contribution in [0.2, 0.25) is 0 Å². The van der Waals surface area contributed by atoms with E-state index >= 15 is 0 Å². The molecule has 3 nitrogen and oxygen atoms in total. The Labute approximate surface area is 173 Å². The molecule has 30 heavy (non-hydrogen) atoms. The van der Waals surface area contributed by atoms with Crippen LogP contribution in [-0.2, 0) is 12.6 Å². The Bertz CT molecular complexity index is 1030. The van der Waals surface area contributed by atoms with Gasteiger partial charge < -0.3 is 0 Å². The third-order valence-corrected chi connectivity index (χ3v) is 5.32. The fourth-order valence-electron chi connectivity index (χ4n) is 3.67. The largest absolute Gasteiger partial charge is 0.416 e. The summed E-state index contributed by atoms with van der Waals surface area (Å²) in [5, 5.41) is 0. The molecular formula is C24H22F3N3. The van der Waals surface area contributed by atoms with Gasteiger partial charge in [-0.3, -0.25) is 4.90 Å². The summed E-state index contributed by atoms with van der Waals surface area (Å²) >= 11 is 0. The average Bonchev–Trinajstić information content (AvgIpc) is 2.78. The Hall–Kier alpha value is -2.99. The zero-order valence-corrected chi connectivity index (χ0v) is 16.4. The van der Waals surface area contributed by atoms with Gasteiger partial charge >= 0.3 is 6.18 Å². The van der Waals surface area contributed by atoms with Gasteiger partial charge in [-0.15, -0.1) is 0 Å². The predicted octanol–water partition coefficient (Wildman–Crippen LogP) is 5.49. The summed E-state index contributed by atoms with van der Waals surface area (Å²) in [7, 11) is 0. The number of nitrogens with zero attached hydrogens (tertiary/aromatic N) is 3. The van der Waals surface area contributed by atoms with E-state index in [1.54, 1.807) is 24.5 Å². The van der Waals surface area contributed by atoms with E-state index in [4.69, 9.17) is 0 Å². The molecule has 0 saturated carbocycles. The lowest BCUT2D eigenvalue weighted by Crippen LogP contribution is -2.30. The van der Waals surface area contributed by atoms with Crippen LogP contribution in [0.15, 0.2) is 73.1 Å². The lowest BCUT2D eigenvalue weighted by atomic mass is 9.97. The van der Waals surface area contributed by atoms with Gasteiger partial charge in [0.2, 0.25) is 0 Å². The Morgan fingerprint density at radius 3 is 2.40 bits per heavy atom. The molecule has 1 aliphatic rings. The van der Waals surface area contributed by atoms with Gasteiger partial charge in [0, 0.05) is 37.6 Å². The third-order valence-electron chi connectivity index (χ3n) is 5.32. The smallest absolute Gasteiger partial charge is 0.299 e. The van der Waals surface area contributed by atoms with Crippen LogP contribution in [0.3, 0.4) is 0 Å². The Morgan fingerprint density at radius 1 is 0.900 bits per heavy atom. The van der Waals surface area contributed by atoms with Crippen molar-refractivity contribution in [3.63, 3.8) is 0 Å². The van der Waals surface area contributed by atoms with Crippen LogP contribution >= 0.6 is 0 Å². The van der Waals surface area contributed by atoms with E-state index in [2.05, 4.69) is 27.0 Å². The second-order valence-electron chi connectivity index (χ2n) is 7.38. The summed E-state index contributed by atoms with van der Waals surface area (Å²) < 4.78 is 38.9. The summed E-state index contributed by atoms with van der Waals surface area (Å²) in [5.41, 5.74) is 3.28. The van der Waals surface area contributed by atoms with Gasteiger partial charge in [-0.05, 0) is 53.8 Å². The first-order valence-corrected chi connectivity index (χ1v) is 9.94. The van der Waals surface area contributed by atoms with Crippen molar-refractivity contribution in [3.8, 4) is 11.4 Å². The van der Waals surface area contributed by atoms with Gasteiger partial charge in [-0.2, -0.15) is 13.2 Å². The molecule has 0 N–H and O–H groups in total. The van der Waals surface area contributed by atoms with Crippen LogP contribution < -0.4 is 0 Å². The van der Waals surface area contributed by atoms with Crippen molar-refractivity contribution in [1.82, 2.24) is 14.9 Å². The molecule has 0 atom stereocenters. The molecule has 2 aromatic carbocycles. The van der Waals surface area contributed by atoms with Crippen molar-refractivity contribution in [3.05, 3.63) is 89.8 Å². The highest BCUT2D eigenvalue weighted by atomic mass is 19.4. The standard InChI is InChI=1S/C24H22F3N3/c25-24(26,27)22-7-2-5-20(17-22)19-9-14-30(15-10-19)13-8-18-4-1-6-21(16-18)23-28-11-3-12-29-23/h1-7,9,11-12,16-17H,8,10,13-15H2. The molecule has 0 unspecified atom stereocenters. The first-order chi connectivity index (χ1) is 14.5. The van der Waals surface area contributed by atoms with Crippen LogP contribution in [0, 0.1) is 0 Å². The Balaban J connectivity index is 1.37. The number of hydrogen-bond acceptors (Lipinski definition) is 3. The van der Waals surface area contributed by atoms with E-state index in [0.29, 0.717) is 11.4 Å². The van der Waals surface area contributed by atoms with Crippen LogP contribution in [0.25, 0.3) is 17.0 Å². The van der Waals surface area contributed by atoms with Crippen LogP contribution in [0.1, 0.15) is 23.1 Å². The minimum atomic E-state index is -4.31. The van der Waals surface area contributed by atoms with Gasteiger partial charge in [-0.25, -0.2) is 9.97 Å². The summed E-state index contributed by atoms with van der Waals surface area (Å²) in [6, 6.07) is 15.6. The SMILES string of the molecule is FC(F)(F)c1cccc(C2=CCN(CCc3cccc(-c4ncccn4)c3)CC2)c1. The maximum Gasteiger partial charge on any atom is 0.416 e. The quantitative estimate of drug-likeness (QED) is 0.558. The molecule has 154 valence electrons. The average molecular weight is 409 g/mol. The van der Waals surface area contributed by atoms with Crippen molar-refractivity contribution in [2.75, 3.05) is 19.6 Å². The van der Waals surface area contributed by atoms with Gasteiger partial charge in [0.05, 0.1) is 5.56 Å². The fourth-order valence-corrected chi connectivity index (χ4v) is 3.67. The molecule has 0 saturated heterocycles. The molecule has 4 rings (SSSR count). The summed E-state index contributed by atoms with van der Waals surface area (Å²) in [5.74, 6) is 0.714. The van der Waals surface area contributed by atoms with Crippen LogP contribution in [0.4, 0.5) is 13.2 Å². The van der Waals surface area contributed by atoms with E-state index in [1.165, 1.54) is 17.7 Å². The van der Waals surface area contributed by atoms with Crippen molar-refractivity contribution in [2.45, 2.75) is 19.0 Å². The Morgan fingerprint density at radius 2 is 1.67 bits per heavy atom. The number of hydrogen-bond donors (Lipinski definition) is 0. The van der Waals surface area contributed by atoms with Crippen molar-refractivity contribution >= 4 is 5.57 Å². The lowest BCUT2D eigenvalue weighted by molar-refractivity contribution is -0.137. The highest BCUT2D eigenvalue weighted by molar-refractivity contribution is 5.67. The molecule has 1 aromatic heterocycles. The molecule has 3 aromatic rings. The normalized spacial score (nSPS) is 15.1. The van der Waals surface area contributed by atoms with E-state index in [9.17, 15) is 13.2 Å². The second-order valence-corrected chi connectivity index (χ2v) is 7.38. The topological polar surface area (TPSA) is 29.0 Å². The zero-order valence-electron chi connectivity index (χ0n) is 16.4.